The van der Waals surface area contributed by atoms with Gasteiger partial charge in [0.05, 0.1) is 18.3 Å². The molecule has 3 saturated heterocycles. The molecule has 3 fully saturated rings. The number of ether oxygens (including phenoxy) is 1. The maximum atomic E-state index is 14.2. The molecule has 2 amide bonds. The van der Waals surface area contributed by atoms with Crippen LogP contribution in [-0.2, 0) is 34.0 Å². The number of Topliss-reactive ketones (excluding diaryl/α,β-unsaturated/α-hetero) is 1. The second-order valence-electron chi connectivity index (χ2n) is 15.0. The van der Waals surface area contributed by atoms with Gasteiger partial charge in [-0.1, -0.05) is 12.1 Å². The number of ketones is 1. The van der Waals surface area contributed by atoms with Crippen LogP contribution in [0.3, 0.4) is 0 Å². The first-order chi connectivity index (χ1) is 27.0. The number of imide groups is 1. The van der Waals surface area contributed by atoms with Gasteiger partial charge in [0.25, 0.3) is 5.56 Å². The van der Waals surface area contributed by atoms with Crippen molar-refractivity contribution in [2.75, 3.05) is 42.9 Å². The normalized spacial score (nSPS) is 19.2. The standard InChI is InChI=1S/C39H41F6N7O5/c1-50-20-28(27-19-46-49-35(27)37(50)56)24-2-3-25(33(17-24)57-39(43,44)45)16-22-8-12-51(13-9-22)21-32(53)23-10-14-52(15-11-23)31-6-4-26(18-29(31)38(40,41)42)47-30-5-7-34(54)48-36(30)55/h2-4,6,17-20,22-23,30,47H,5,7-16,21H2,1H3,(H,46,49)(H,48,54,55). The number of carbonyl (C=O) groups excluding carboxylic acids is 3. The van der Waals surface area contributed by atoms with Crippen molar-refractivity contribution < 1.29 is 45.5 Å². The summed E-state index contributed by atoms with van der Waals surface area (Å²) < 4.78 is 89.2. The Balaban J connectivity index is 0.935. The van der Waals surface area contributed by atoms with Crippen LogP contribution in [0.5, 0.6) is 5.75 Å². The summed E-state index contributed by atoms with van der Waals surface area (Å²) in [6.45, 7) is 1.81. The smallest absolute Gasteiger partial charge is 0.405 e. The van der Waals surface area contributed by atoms with Crippen molar-refractivity contribution in [1.29, 1.82) is 0 Å². The number of anilines is 2. The van der Waals surface area contributed by atoms with Crippen molar-refractivity contribution in [2.45, 2.75) is 63.5 Å². The zero-order chi connectivity index (χ0) is 40.6. The minimum absolute atomic E-state index is 0.00882. The van der Waals surface area contributed by atoms with E-state index in [2.05, 4.69) is 25.6 Å². The van der Waals surface area contributed by atoms with Crippen LogP contribution in [0, 0.1) is 11.8 Å². The topological polar surface area (TPSA) is 142 Å². The summed E-state index contributed by atoms with van der Waals surface area (Å²) in [6.07, 6.45) is -3.98. The van der Waals surface area contributed by atoms with Crippen LogP contribution in [0.15, 0.2) is 53.6 Å². The molecular formula is C39H41F6N7O5. The Morgan fingerprint density at radius 2 is 1.68 bits per heavy atom. The number of likely N-dealkylation sites (tertiary alicyclic amines) is 1. The summed E-state index contributed by atoms with van der Waals surface area (Å²) in [5.74, 6) is -1.62. The van der Waals surface area contributed by atoms with E-state index in [0.717, 1.165) is 6.07 Å². The number of hydrogen-bond donors (Lipinski definition) is 3. The van der Waals surface area contributed by atoms with Crippen LogP contribution < -0.4 is 25.8 Å². The number of H-pyrrole nitrogens is 1. The van der Waals surface area contributed by atoms with Crippen LogP contribution in [0.1, 0.15) is 49.7 Å². The predicted octanol–water partition coefficient (Wildman–Crippen LogP) is 5.80. The lowest BCUT2D eigenvalue weighted by molar-refractivity contribution is -0.274. The summed E-state index contributed by atoms with van der Waals surface area (Å²) >= 11 is 0. The number of benzene rings is 2. The number of hydrogen-bond acceptors (Lipinski definition) is 9. The van der Waals surface area contributed by atoms with Gasteiger partial charge >= 0.3 is 12.5 Å². The van der Waals surface area contributed by atoms with Crippen LogP contribution in [0.25, 0.3) is 22.0 Å². The zero-order valence-corrected chi connectivity index (χ0v) is 30.9. The lowest BCUT2D eigenvalue weighted by Gasteiger charge is -2.36. The molecule has 3 N–H and O–H groups in total. The van der Waals surface area contributed by atoms with Crippen LogP contribution >= 0.6 is 0 Å². The van der Waals surface area contributed by atoms with E-state index < -0.39 is 36.0 Å². The molecule has 304 valence electrons. The van der Waals surface area contributed by atoms with Gasteiger partial charge in [0.2, 0.25) is 11.8 Å². The number of amides is 2. The third-order valence-corrected chi connectivity index (χ3v) is 11.2. The fraction of sp³-hybridized carbons (Fsp3) is 0.462. The number of nitrogens with one attached hydrogen (secondary N) is 3. The Kier molecular flexibility index (Phi) is 11.1. The maximum absolute atomic E-state index is 14.2. The molecule has 7 rings (SSSR count). The molecule has 2 aromatic carbocycles. The van der Waals surface area contributed by atoms with Crippen molar-refractivity contribution >= 4 is 39.9 Å². The quantitative estimate of drug-likeness (QED) is 0.134. The van der Waals surface area contributed by atoms with Gasteiger partial charge in [0, 0.05) is 61.0 Å². The van der Waals surface area contributed by atoms with Crippen molar-refractivity contribution in [3.8, 4) is 16.9 Å². The summed E-state index contributed by atoms with van der Waals surface area (Å²) in [6, 6.07) is 7.61. The Hall–Kier alpha value is -5.39. The molecule has 0 radical (unpaired) electrons. The molecule has 0 bridgehead atoms. The van der Waals surface area contributed by atoms with Crippen molar-refractivity contribution in [3.63, 3.8) is 0 Å². The number of halogens is 6. The predicted molar refractivity (Wildman–Crippen MR) is 198 cm³/mol. The molecule has 0 saturated carbocycles. The van der Waals surface area contributed by atoms with Gasteiger partial charge in [-0.2, -0.15) is 18.3 Å². The van der Waals surface area contributed by atoms with Crippen molar-refractivity contribution in [3.05, 3.63) is 70.3 Å². The van der Waals surface area contributed by atoms with Crippen LogP contribution in [-0.4, -0.2) is 82.4 Å². The Bertz CT molecular complexity index is 2220. The van der Waals surface area contributed by atoms with E-state index in [-0.39, 0.29) is 78.3 Å². The number of fused-ring (bicyclic) bond motifs is 1. The van der Waals surface area contributed by atoms with E-state index in [1.165, 1.54) is 29.0 Å². The van der Waals surface area contributed by atoms with Crippen LogP contribution in [0.2, 0.25) is 0 Å². The first-order valence-corrected chi connectivity index (χ1v) is 18.8. The number of nitrogens with zero attached hydrogens (tertiary/aromatic N) is 4. The SMILES string of the molecule is Cn1cc(-c2ccc(CC3CCN(CC(=O)C4CCN(c5ccc(NC6CCC(=O)NC6=O)cc5C(F)(F)F)CC4)CC3)c(OC(F)(F)F)c2)c2cn[nH]c2c1=O. The number of aryl methyl sites for hydroxylation is 1. The summed E-state index contributed by atoms with van der Waals surface area (Å²) in [7, 11) is 1.54. The Morgan fingerprint density at radius 3 is 2.37 bits per heavy atom. The number of carbonyl (C=O) groups is 3. The molecule has 57 heavy (non-hydrogen) atoms. The molecule has 0 spiro atoms. The van der Waals surface area contributed by atoms with E-state index in [1.54, 1.807) is 30.3 Å². The minimum Gasteiger partial charge on any atom is -0.405 e. The lowest BCUT2D eigenvalue weighted by atomic mass is 9.88. The summed E-state index contributed by atoms with van der Waals surface area (Å²) in [4.78, 5) is 53.1. The summed E-state index contributed by atoms with van der Waals surface area (Å²) in [5.41, 5.74) is 0.486. The van der Waals surface area contributed by atoms with E-state index in [1.807, 2.05) is 4.90 Å². The van der Waals surface area contributed by atoms with Crippen LogP contribution in [0.4, 0.5) is 37.7 Å². The molecule has 1 atom stereocenters. The highest BCUT2D eigenvalue weighted by atomic mass is 19.4. The van der Waals surface area contributed by atoms with E-state index in [0.29, 0.717) is 67.3 Å². The minimum atomic E-state index is -4.93. The number of aromatic nitrogens is 3. The molecule has 3 aliphatic rings. The molecule has 3 aliphatic heterocycles. The van der Waals surface area contributed by atoms with Gasteiger partial charge in [-0.25, -0.2) is 0 Å². The molecular weight excluding hydrogens is 760 g/mol. The summed E-state index contributed by atoms with van der Waals surface area (Å²) in [5, 5.41) is 12.0. The lowest BCUT2D eigenvalue weighted by Crippen LogP contribution is -2.47. The van der Waals surface area contributed by atoms with E-state index >= 15 is 0 Å². The van der Waals surface area contributed by atoms with Gasteiger partial charge < -0.3 is 19.5 Å². The number of rotatable bonds is 10. The number of aromatic amines is 1. The average molecular weight is 802 g/mol. The first-order valence-electron chi connectivity index (χ1n) is 18.8. The van der Waals surface area contributed by atoms with Gasteiger partial charge in [-0.05, 0) is 92.9 Å². The fourth-order valence-corrected chi connectivity index (χ4v) is 8.10. The third-order valence-electron chi connectivity index (χ3n) is 11.2. The average Bonchev–Trinajstić information content (AvgIpc) is 3.65. The second kappa shape index (κ2) is 15.9. The van der Waals surface area contributed by atoms with Gasteiger partial charge in [0.15, 0.2) is 0 Å². The highest BCUT2D eigenvalue weighted by Gasteiger charge is 2.38. The largest absolute Gasteiger partial charge is 0.573 e. The highest BCUT2D eigenvalue weighted by Crippen LogP contribution is 2.40. The number of alkyl halides is 6. The van der Waals surface area contributed by atoms with Crippen molar-refractivity contribution in [2.24, 2.45) is 18.9 Å². The number of piperidine rings is 3. The van der Waals surface area contributed by atoms with Crippen molar-refractivity contribution in [1.82, 2.24) is 25.0 Å². The third kappa shape index (κ3) is 9.10. The number of pyridine rings is 1. The van der Waals surface area contributed by atoms with Gasteiger partial charge in [0.1, 0.15) is 23.1 Å². The maximum Gasteiger partial charge on any atom is 0.573 e. The Morgan fingerprint density at radius 1 is 0.947 bits per heavy atom. The molecule has 18 heteroatoms. The van der Waals surface area contributed by atoms with E-state index in [9.17, 15) is 45.5 Å². The van der Waals surface area contributed by atoms with E-state index in [4.69, 9.17) is 0 Å². The molecule has 4 aromatic rings. The molecule has 1 unspecified atom stereocenters. The zero-order valence-electron chi connectivity index (χ0n) is 30.9. The molecule has 0 aliphatic carbocycles. The highest BCUT2D eigenvalue weighted by molar-refractivity contribution is 6.01. The van der Waals surface area contributed by atoms with Gasteiger partial charge in [-0.3, -0.25) is 34.5 Å². The molecule has 5 heterocycles. The monoisotopic (exact) mass is 801 g/mol. The molecule has 12 nitrogen and oxygen atoms in total. The second-order valence-corrected chi connectivity index (χ2v) is 15.0. The Labute approximate surface area is 322 Å². The van der Waals surface area contributed by atoms with Gasteiger partial charge in [-0.15, -0.1) is 13.2 Å². The fourth-order valence-electron chi connectivity index (χ4n) is 8.10. The molecule has 2 aromatic heterocycles. The first kappa shape index (κ1) is 39.8.